The SMILES string of the molecule is NC(=O)Cc1ccnc(N)n1. The predicted molar refractivity (Wildman–Crippen MR) is 39.3 cm³/mol. The Bertz CT molecular complexity index is 273. The van der Waals surface area contributed by atoms with Gasteiger partial charge in [-0.2, -0.15) is 0 Å². The van der Waals surface area contributed by atoms with Gasteiger partial charge < -0.3 is 11.5 Å². The number of carbonyl (C=O) groups excluding carboxylic acids is 1. The number of aromatic nitrogens is 2. The Morgan fingerprint density at radius 1 is 1.64 bits per heavy atom. The van der Waals surface area contributed by atoms with Crippen molar-refractivity contribution >= 4 is 11.9 Å². The van der Waals surface area contributed by atoms with Crippen LogP contribution in [-0.4, -0.2) is 15.9 Å². The van der Waals surface area contributed by atoms with Gasteiger partial charge in [0, 0.05) is 6.20 Å². The Morgan fingerprint density at radius 2 is 2.36 bits per heavy atom. The second-order valence-electron chi connectivity index (χ2n) is 2.05. The van der Waals surface area contributed by atoms with Gasteiger partial charge in [-0.15, -0.1) is 0 Å². The van der Waals surface area contributed by atoms with Gasteiger partial charge in [-0.05, 0) is 6.07 Å². The number of primary amides is 1. The van der Waals surface area contributed by atoms with Gasteiger partial charge in [-0.25, -0.2) is 9.97 Å². The third-order valence-corrected chi connectivity index (χ3v) is 1.09. The largest absolute Gasteiger partial charge is 0.369 e. The van der Waals surface area contributed by atoms with Gasteiger partial charge in [-0.1, -0.05) is 0 Å². The molecule has 0 aliphatic rings. The maximum atomic E-state index is 10.4. The van der Waals surface area contributed by atoms with E-state index in [1.54, 1.807) is 6.07 Å². The van der Waals surface area contributed by atoms with Crippen molar-refractivity contribution in [2.75, 3.05) is 5.73 Å². The maximum absolute atomic E-state index is 10.4. The molecule has 1 rings (SSSR count). The molecule has 0 fully saturated rings. The average Bonchev–Trinajstić information content (AvgIpc) is 1.85. The molecule has 1 aromatic heterocycles. The number of nitrogen functional groups attached to an aromatic ring is 1. The molecule has 1 heterocycles. The van der Waals surface area contributed by atoms with E-state index in [4.69, 9.17) is 11.5 Å². The van der Waals surface area contributed by atoms with Gasteiger partial charge in [0.15, 0.2) is 0 Å². The van der Waals surface area contributed by atoms with Crippen molar-refractivity contribution in [2.24, 2.45) is 5.73 Å². The van der Waals surface area contributed by atoms with Gasteiger partial charge >= 0.3 is 0 Å². The zero-order chi connectivity index (χ0) is 8.27. The number of amides is 1. The van der Waals surface area contributed by atoms with E-state index in [1.165, 1.54) is 6.20 Å². The van der Waals surface area contributed by atoms with E-state index < -0.39 is 5.91 Å². The lowest BCUT2D eigenvalue weighted by molar-refractivity contribution is -0.117. The normalized spacial score (nSPS) is 9.45. The highest BCUT2D eigenvalue weighted by Gasteiger charge is 1.99. The third-order valence-electron chi connectivity index (χ3n) is 1.09. The minimum Gasteiger partial charge on any atom is -0.369 e. The van der Waals surface area contributed by atoms with Gasteiger partial charge in [-0.3, -0.25) is 4.79 Å². The summed E-state index contributed by atoms with van der Waals surface area (Å²) in [5.41, 5.74) is 10.7. The van der Waals surface area contributed by atoms with E-state index in [0.29, 0.717) is 5.69 Å². The number of anilines is 1. The second kappa shape index (κ2) is 2.96. The van der Waals surface area contributed by atoms with E-state index in [9.17, 15) is 4.79 Å². The maximum Gasteiger partial charge on any atom is 0.223 e. The molecule has 0 aromatic carbocycles. The van der Waals surface area contributed by atoms with Crippen LogP contribution in [0.25, 0.3) is 0 Å². The Hall–Kier alpha value is -1.65. The summed E-state index contributed by atoms with van der Waals surface area (Å²) in [6.45, 7) is 0. The highest BCUT2D eigenvalue weighted by atomic mass is 16.1. The molecule has 0 unspecified atom stereocenters. The van der Waals surface area contributed by atoms with Crippen LogP contribution in [0.3, 0.4) is 0 Å². The number of nitrogens with two attached hydrogens (primary N) is 2. The van der Waals surface area contributed by atoms with Crippen LogP contribution in [0.15, 0.2) is 12.3 Å². The zero-order valence-electron chi connectivity index (χ0n) is 5.82. The summed E-state index contributed by atoms with van der Waals surface area (Å²) in [5, 5.41) is 0. The van der Waals surface area contributed by atoms with Crippen LogP contribution in [0.2, 0.25) is 0 Å². The molecule has 4 N–H and O–H groups in total. The van der Waals surface area contributed by atoms with Gasteiger partial charge in [0.05, 0.1) is 12.1 Å². The second-order valence-corrected chi connectivity index (χ2v) is 2.05. The first-order valence-corrected chi connectivity index (χ1v) is 3.04. The van der Waals surface area contributed by atoms with Crippen LogP contribution < -0.4 is 11.5 Å². The molecular formula is C6H8N4O. The molecule has 5 nitrogen and oxygen atoms in total. The third kappa shape index (κ3) is 2.21. The summed E-state index contributed by atoms with van der Waals surface area (Å²) in [5.74, 6) is -0.271. The Morgan fingerprint density at radius 3 is 2.91 bits per heavy atom. The summed E-state index contributed by atoms with van der Waals surface area (Å²) in [6.07, 6.45) is 1.59. The van der Waals surface area contributed by atoms with Gasteiger partial charge in [0.25, 0.3) is 0 Å². The Labute approximate surface area is 63.4 Å². The topological polar surface area (TPSA) is 94.9 Å². The quantitative estimate of drug-likeness (QED) is 0.573. The van der Waals surface area contributed by atoms with Crippen molar-refractivity contribution < 1.29 is 4.79 Å². The summed E-state index contributed by atoms with van der Waals surface area (Å²) in [6, 6.07) is 1.60. The smallest absolute Gasteiger partial charge is 0.223 e. The summed E-state index contributed by atoms with van der Waals surface area (Å²) < 4.78 is 0. The van der Waals surface area contributed by atoms with E-state index in [0.717, 1.165) is 0 Å². The summed E-state index contributed by atoms with van der Waals surface area (Å²) >= 11 is 0. The van der Waals surface area contributed by atoms with Gasteiger partial charge in [0.2, 0.25) is 11.9 Å². The lowest BCUT2D eigenvalue weighted by Crippen LogP contribution is -2.15. The molecule has 0 radical (unpaired) electrons. The average molecular weight is 152 g/mol. The Kier molecular flexibility index (Phi) is 2.00. The van der Waals surface area contributed by atoms with Crippen LogP contribution in [-0.2, 0) is 11.2 Å². The van der Waals surface area contributed by atoms with Crippen molar-refractivity contribution in [3.05, 3.63) is 18.0 Å². The molecule has 0 atom stereocenters. The molecule has 58 valence electrons. The van der Waals surface area contributed by atoms with Crippen LogP contribution in [0.5, 0.6) is 0 Å². The number of nitrogens with zero attached hydrogens (tertiary/aromatic N) is 2. The monoisotopic (exact) mass is 152 g/mol. The molecule has 0 spiro atoms. The van der Waals surface area contributed by atoms with Gasteiger partial charge in [0.1, 0.15) is 0 Å². The van der Waals surface area contributed by atoms with E-state index >= 15 is 0 Å². The number of rotatable bonds is 2. The number of hydrogen-bond donors (Lipinski definition) is 2. The number of hydrogen-bond acceptors (Lipinski definition) is 4. The van der Waals surface area contributed by atoms with Crippen molar-refractivity contribution in [1.82, 2.24) is 9.97 Å². The fourth-order valence-electron chi connectivity index (χ4n) is 0.690. The first-order chi connectivity index (χ1) is 5.18. The summed E-state index contributed by atoms with van der Waals surface area (Å²) in [7, 11) is 0. The van der Waals surface area contributed by atoms with Crippen molar-refractivity contribution in [1.29, 1.82) is 0 Å². The fraction of sp³-hybridized carbons (Fsp3) is 0.167. The van der Waals surface area contributed by atoms with E-state index in [2.05, 4.69) is 9.97 Å². The molecule has 1 aromatic rings. The first kappa shape index (κ1) is 7.46. The van der Waals surface area contributed by atoms with Crippen LogP contribution >= 0.6 is 0 Å². The summed E-state index contributed by atoms with van der Waals surface area (Å²) in [4.78, 5) is 17.8. The molecule has 0 bridgehead atoms. The fourth-order valence-corrected chi connectivity index (χ4v) is 0.690. The molecule has 0 aliphatic carbocycles. The lowest BCUT2D eigenvalue weighted by atomic mass is 10.3. The first-order valence-electron chi connectivity index (χ1n) is 3.04. The van der Waals surface area contributed by atoms with E-state index in [-0.39, 0.29) is 12.4 Å². The number of carbonyl (C=O) groups is 1. The van der Waals surface area contributed by atoms with Crippen LogP contribution in [0, 0.1) is 0 Å². The molecule has 5 heteroatoms. The van der Waals surface area contributed by atoms with Crippen molar-refractivity contribution in [2.45, 2.75) is 6.42 Å². The molecule has 0 aliphatic heterocycles. The van der Waals surface area contributed by atoms with Crippen LogP contribution in [0.1, 0.15) is 5.69 Å². The molecule has 11 heavy (non-hydrogen) atoms. The highest BCUT2D eigenvalue weighted by molar-refractivity contribution is 5.76. The zero-order valence-corrected chi connectivity index (χ0v) is 5.82. The minimum atomic E-state index is -0.428. The van der Waals surface area contributed by atoms with Crippen LogP contribution in [0.4, 0.5) is 5.95 Å². The molecule has 0 saturated heterocycles. The predicted octanol–water partition coefficient (Wildman–Crippen LogP) is -0.913. The van der Waals surface area contributed by atoms with Crippen molar-refractivity contribution in [3.63, 3.8) is 0 Å². The van der Waals surface area contributed by atoms with E-state index in [1.807, 2.05) is 0 Å². The van der Waals surface area contributed by atoms with Crippen molar-refractivity contribution in [3.8, 4) is 0 Å². The lowest BCUT2D eigenvalue weighted by Gasteiger charge is -1.95. The standard InChI is InChI=1S/C6H8N4O/c7-5(11)3-4-1-2-9-6(8)10-4/h1-2H,3H2,(H2,7,11)(H2,8,9,10). The molecule has 0 saturated carbocycles. The molecular weight excluding hydrogens is 144 g/mol. The minimum absolute atomic E-state index is 0.104. The molecule has 1 amide bonds. The highest BCUT2D eigenvalue weighted by Crippen LogP contribution is 1.96. The Balaban J connectivity index is 2.79.